The normalized spacial score (nSPS) is 25.1. The van der Waals surface area contributed by atoms with Gasteiger partial charge < -0.3 is 4.74 Å². The van der Waals surface area contributed by atoms with E-state index in [1.165, 1.54) is 32.1 Å². The van der Waals surface area contributed by atoms with Crippen molar-refractivity contribution in [3.05, 3.63) is 0 Å². The lowest BCUT2D eigenvalue weighted by Gasteiger charge is -1.87. The summed E-state index contributed by atoms with van der Waals surface area (Å²) in [6, 6.07) is 0. The van der Waals surface area contributed by atoms with E-state index in [0.29, 0.717) is 6.10 Å². The molecule has 0 unspecified atom stereocenters. The Morgan fingerprint density at radius 1 is 1.15 bits per heavy atom. The quantitative estimate of drug-likeness (QED) is 0.360. The standard InChI is InChI=1S/C12H20O/c1-3-5-6-7-8-10-12-11(13-12)9-4-2/h11-12H,3-7,9H2,1-2H3/t11-,12-/m0/s1. The van der Waals surface area contributed by atoms with Gasteiger partial charge in [0.05, 0.1) is 6.10 Å². The summed E-state index contributed by atoms with van der Waals surface area (Å²) >= 11 is 0. The van der Waals surface area contributed by atoms with E-state index in [9.17, 15) is 0 Å². The summed E-state index contributed by atoms with van der Waals surface area (Å²) in [5.74, 6) is 6.37. The van der Waals surface area contributed by atoms with Crippen molar-refractivity contribution in [2.24, 2.45) is 0 Å². The summed E-state index contributed by atoms with van der Waals surface area (Å²) in [6.45, 7) is 4.40. The van der Waals surface area contributed by atoms with Crippen molar-refractivity contribution >= 4 is 0 Å². The maximum atomic E-state index is 5.39. The Morgan fingerprint density at radius 2 is 2.00 bits per heavy atom. The van der Waals surface area contributed by atoms with E-state index in [1.54, 1.807) is 0 Å². The molecule has 0 amide bonds. The van der Waals surface area contributed by atoms with Crippen LogP contribution in [0.2, 0.25) is 0 Å². The van der Waals surface area contributed by atoms with Gasteiger partial charge in [-0.15, -0.1) is 5.92 Å². The van der Waals surface area contributed by atoms with Crippen LogP contribution >= 0.6 is 0 Å². The molecule has 0 bridgehead atoms. The molecular weight excluding hydrogens is 160 g/mol. The third kappa shape index (κ3) is 4.33. The second-order valence-electron chi connectivity index (χ2n) is 3.66. The molecule has 0 spiro atoms. The summed E-state index contributed by atoms with van der Waals surface area (Å²) in [4.78, 5) is 0. The zero-order valence-corrected chi connectivity index (χ0v) is 8.81. The summed E-state index contributed by atoms with van der Waals surface area (Å²) in [7, 11) is 0. The maximum absolute atomic E-state index is 5.39. The zero-order valence-electron chi connectivity index (χ0n) is 8.81. The third-order valence-electron chi connectivity index (χ3n) is 2.31. The van der Waals surface area contributed by atoms with Crippen molar-refractivity contribution < 1.29 is 4.74 Å². The average Bonchev–Trinajstić information content (AvgIpc) is 2.84. The van der Waals surface area contributed by atoms with Gasteiger partial charge in [-0.1, -0.05) is 39.0 Å². The van der Waals surface area contributed by atoms with Crippen LogP contribution in [0.5, 0.6) is 0 Å². The molecular formula is C12H20O. The van der Waals surface area contributed by atoms with Crippen molar-refractivity contribution in [3.8, 4) is 11.8 Å². The molecule has 0 aromatic carbocycles. The first-order valence-electron chi connectivity index (χ1n) is 5.52. The minimum atomic E-state index is 0.279. The van der Waals surface area contributed by atoms with E-state index in [2.05, 4.69) is 25.7 Å². The van der Waals surface area contributed by atoms with Crippen LogP contribution in [0.15, 0.2) is 0 Å². The predicted molar refractivity (Wildman–Crippen MR) is 55.5 cm³/mol. The fourth-order valence-corrected chi connectivity index (χ4v) is 1.41. The molecule has 0 radical (unpaired) electrons. The minimum Gasteiger partial charge on any atom is -0.356 e. The van der Waals surface area contributed by atoms with Crippen molar-refractivity contribution in [3.63, 3.8) is 0 Å². The smallest absolute Gasteiger partial charge is 0.144 e. The summed E-state index contributed by atoms with van der Waals surface area (Å²) in [6.07, 6.45) is 8.00. The van der Waals surface area contributed by atoms with Crippen molar-refractivity contribution in [1.29, 1.82) is 0 Å². The zero-order chi connectivity index (χ0) is 9.52. The van der Waals surface area contributed by atoms with Gasteiger partial charge in [0.15, 0.2) is 0 Å². The highest BCUT2D eigenvalue weighted by Gasteiger charge is 2.35. The van der Waals surface area contributed by atoms with Crippen LogP contribution in [0, 0.1) is 11.8 Å². The molecule has 13 heavy (non-hydrogen) atoms. The number of rotatable bonds is 5. The van der Waals surface area contributed by atoms with E-state index in [4.69, 9.17) is 4.74 Å². The van der Waals surface area contributed by atoms with E-state index in [1.807, 2.05) is 0 Å². The lowest BCUT2D eigenvalue weighted by atomic mass is 10.2. The van der Waals surface area contributed by atoms with Crippen LogP contribution in [-0.2, 0) is 4.74 Å². The summed E-state index contributed by atoms with van der Waals surface area (Å²) < 4.78 is 5.39. The van der Waals surface area contributed by atoms with Crippen LogP contribution in [0.25, 0.3) is 0 Å². The molecule has 0 aromatic heterocycles. The van der Waals surface area contributed by atoms with E-state index >= 15 is 0 Å². The minimum absolute atomic E-state index is 0.279. The molecule has 0 aliphatic carbocycles. The molecule has 0 saturated carbocycles. The van der Waals surface area contributed by atoms with E-state index < -0.39 is 0 Å². The Morgan fingerprint density at radius 3 is 2.69 bits per heavy atom. The lowest BCUT2D eigenvalue weighted by Crippen LogP contribution is -1.88. The van der Waals surface area contributed by atoms with Crippen LogP contribution in [0.3, 0.4) is 0 Å². The second kappa shape index (κ2) is 6.05. The first kappa shape index (κ1) is 10.6. The van der Waals surface area contributed by atoms with Gasteiger partial charge in [-0.05, 0) is 12.8 Å². The molecule has 0 aromatic rings. The van der Waals surface area contributed by atoms with Crippen LogP contribution in [-0.4, -0.2) is 12.2 Å². The van der Waals surface area contributed by atoms with E-state index in [-0.39, 0.29) is 6.10 Å². The first-order valence-corrected chi connectivity index (χ1v) is 5.52. The molecule has 1 aliphatic heterocycles. The molecule has 1 aliphatic rings. The summed E-state index contributed by atoms with van der Waals surface area (Å²) in [5, 5.41) is 0. The van der Waals surface area contributed by atoms with Crippen molar-refractivity contribution in [2.45, 2.75) is 64.6 Å². The van der Waals surface area contributed by atoms with Gasteiger partial charge in [0.25, 0.3) is 0 Å². The Labute approximate surface area is 81.9 Å². The van der Waals surface area contributed by atoms with Crippen molar-refractivity contribution in [2.75, 3.05) is 0 Å². The van der Waals surface area contributed by atoms with Gasteiger partial charge in [-0.3, -0.25) is 0 Å². The molecule has 1 nitrogen and oxygen atoms in total. The van der Waals surface area contributed by atoms with Crippen molar-refractivity contribution in [1.82, 2.24) is 0 Å². The second-order valence-corrected chi connectivity index (χ2v) is 3.66. The predicted octanol–water partition coefficient (Wildman–Crippen LogP) is 3.14. The summed E-state index contributed by atoms with van der Waals surface area (Å²) in [5.41, 5.74) is 0. The number of ether oxygens (including phenoxy) is 1. The first-order chi connectivity index (χ1) is 6.38. The largest absolute Gasteiger partial charge is 0.356 e. The topological polar surface area (TPSA) is 12.5 Å². The highest BCUT2D eigenvalue weighted by Crippen LogP contribution is 2.25. The fourth-order valence-electron chi connectivity index (χ4n) is 1.41. The average molecular weight is 180 g/mol. The van der Waals surface area contributed by atoms with Crippen LogP contribution in [0.4, 0.5) is 0 Å². The maximum Gasteiger partial charge on any atom is 0.144 e. The number of hydrogen-bond donors (Lipinski definition) is 0. The van der Waals surface area contributed by atoms with Crippen LogP contribution in [0.1, 0.15) is 52.4 Å². The highest BCUT2D eigenvalue weighted by molar-refractivity contribution is 5.13. The van der Waals surface area contributed by atoms with Gasteiger partial charge in [-0.25, -0.2) is 0 Å². The van der Waals surface area contributed by atoms with E-state index in [0.717, 1.165) is 6.42 Å². The third-order valence-corrected chi connectivity index (χ3v) is 2.31. The highest BCUT2D eigenvalue weighted by atomic mass is 16.6. The fraction of sp³-hybridized carbons (Fsp3) is 0.833. The Hall–Kier alpha value is -0.480. The lowest BCUT2D eigenvalue weighted by molar-refractivity contribution is 0.380. The number of unbranched alkanes of at least 4 members (excludes halogenated alkanes) is 3. The Kier molecular flexibility index (Phi) is 4.93. The van der Waals surface area contributed by atoms with Crippen LogP contribution < -0.4 is 0 Å². The Bertz CT molecular complexity index is 187. The SMILES string of the molecule is CCCCCC#C[C@@H]1O[C@H]1CCC. The molecule has 1 rings (SSSR count). The molecule has 1 fully saturated rings. The van der Waals surface area contributed by atoms with Gasteiger partial charge >= 0.3 is 0 Å². The monoisotopic (exact) mass is 180 g/mol. The molecule has 1 heteroatoms. The number of hydrogen-bond acceptors (Lipinski definition) is 1. The number of epoxide rings is 1. The van der Waals surface area contributed by atoms with Gasteiger partial charge in [0.2, 0.25) is 0 Å². The van der Waals surface area contributed by atoms with Gasteiger partial charge in [0.1, 0.15) is 6.10 Å². The molecule has 2 atom stereocenters. The van der Waals surface area contributed by atoms with Gasteiger partial charge in [-0.2, -0.15) is 0 Å². The Balaban J connectivity index is 1.99. The molecule has 74 valence electrons. The molecule has 1 heterocycles. The van der Waals surface area contributed by atoms with Gasteiger partial charge in [0, 0.05) is 6.42 Å². The molecule has 1 saturated heterocycles. The molecule has 0 N–H and O–H groups in total.